The van der Waals surface area contributed by atoms with Gasteiger partial charge in [0.15, 0.2) is 5.78 Å². The molecule has 1 heterocycles. The van der Waals surface area contributed by atoms with Crippen LogP contribution in [0.25, 0.3) is 0 Å². The summed E-state index contributed by atoms with van der Waals surface area (Å²) >= 11 is 0. The molecule has 1 aromatic heterocycles. The van der Waals surface area contributed by atoms with Crippen molar-refractivity contribution in [3.63, 3.8) is 0 Å². The Morgan fingerprint density at radius 1 is 1.62 bits per heavy atom. The van der Waals surface area contributed by atoms with Crippen LogP contribution in [0, 0.1) is 5.92 Å². The Balaban J connectivity index is 2.84. The molecule has 0 aromatic carbocycles. The number of aromatic nitrogens is 2. The van der Waals surface area contributed by atoms with Gasteiger partial charge in [0, 0.05) is 5.92 Å². The molecule has 1 rings (SSSR count). The summed E-state index contributed by atoms with van der Waals surface area (Å²) < 4.78 is 0. The third-order valence-electron chi connectivity index (χ3n) is 2.29. The molecule has 0 saturated carbocycles. The Hall–Kier alpha value is -1.32. The minimum atomic E-state index is 0.0694. The van der Waals surface area contributed by atoms with E-state index in [-0.39, 0.29) is 11.7 Å². The lowest BCUT2D eigenvalue weighted by Crippen LogP contribution is -2.13. The predicted molar refractivity (Wildman–Crippen MR) is 51.4 cm³/mol. The van der Waals surface area contributed by atoms with Crippen molar-refractivity contribution in [2.45, 2.75) is 26.7 Å². The smallest absolute Gasteiger partial charge is 0.171 e. The van der Waals surface area contributed by atoms with Crippen LogP contribution >= 0.6 is 0 Å². The first kappa shape index (κ1) is 9.77. The number of H-pyrrole nitrogens is 1. The molecule has 0 spiro atoms. The van der Waals surface area contributed by atoms with E-state index in [0.29, 0.717) is 11.4 Å². The molecule has 0 fully saturated rings. The van der Waals surface area contributed by atoms with E-state index in [1.165, 1.54) is 6.20 Å². The quantitative estimate of drug-likeness (QED) is 0.693. The topological polar surface area (TPSA) is 71.8 Å². The van der Waals surface area contributed by atoms with Crippen molar-refractivity contribution < 1.29 is 4.79 Å². The van der Waals surface area contributed by atoms with Crippen LogP contribution < -0.4 is 5.73 Å². The summed E-state index contributed by atoms with van der Waals surface area (Å²) in [5.41, 5.74) is 6.07. The summed E-state index contributed by atoms with van der Waals surface area (Å²) in [6, 6.07) is 0. The van der Waals surface area contributed by atoms with Gasteiger partial charge < -0.3 is 5.73 Å². The summed E-state index contributed by atoms with van der Waals surface area (Å²) in [5.74, 6) is 0.535. The summed E-state index contributed by atoms with van der Waals surface area (Å²) in [6.45, 7) is 4.00. The number of hydrogen-bond acceptors (Lipinski definition) is 3. The van der Waals surface area contributed by atoms with E-state index in [1.807, 2.05) is 13.8 Å². The van der Waals surface area contributed by atoms with Crippen LogP contribution in [-0.4, -0.2) is 16.0 Å². The van der Waals surface area contributed by atoms with E-state index in [9.17, 15) is 4.79 Å². The molecule has 4 nitrogen and oxygen atoms in total. The Labute approximate surface area is 77.5 Å². The molecule has 72 valence electrons. The third-order valence-corrected chi connectivity index (χ3v) is 2.29. The van der Waals surface area contributed by atoms with Gasteiger partial charge in [0.1, 0.15) is 5.82 Å². The average Bonchev–Trinajstić information content (AvgIpc) is 2.53. The highest BCUT2D eigenvalue weighted by Gasteiger charge is 2.19. The van der Waals surface area contributed by atoms with Gasteiger partial charge in [-0.1, -0.05) is 13.8 Å². The maximum absolute atomic E-state index is 11.7. The number of Topliss-reactive ketones (excluding diaryl/α,β-unsaturated/α-hetero) is 1. The number of nitrogens with two attached hydrogens (primary N) is 1. The molecule has 0 radical (unpaired) electrons. The molecule has 13 heavy (non-hydrogen) atoms. The maximum Gasteiger partial charge on any atom is 0.171 e. The van der Waals surface area contributed by atoms with E-state index in [0.717, 1.165) is 12.8 Å². The first-order valence-electron chi connectivity index (χ1n) is 4.53. The summed E-state index contributed by atoms with van der Waals surface area (Å²) in [5, 5.41) is 6.28. The second-order valence-corrected chi connectivity index (χ2v) is 3.08. The molecule has 0 bridgehead atoms. The fourth-order valence-electron chi connectivity index (χ4n) is 1.37. The zero-order valence-electron chi connectivity index (χ0n) is 8.00. The zero-order chi connectivity index (χ0) is 9.84. The number of nitrogens with zero attached hydrogens (tertiary/aromatic N) is 1. The predicted octanol–water partition coefficient (Wildman–Crippen LogP) is 1.61. The van der Waals surface area contributed by atoms with Gasteiger partial charge in [0.05, 0.1) is 11.8 Å². The Kier molecular flexibility index (Phi) is 3.06. The fourth-order valence-corrected chi connectivity index (χ4v) is 1.37. The molecule has 0 unspecified atom stereocenters. The summed E-state index contributed by atoms with van der Waals surface area (Å²) in [4.78, 5) is 11.7. The zero-order valence-corrected chi connectivity index (χ0v) is 8.00. The number of carbonyl (C=O) groups is 1. The van der Waals surface area contributed by atoms with Gasteiger partial charge >= 0.3 is 0 Å². The van der Waals surface area contributed by atoms with Gasteiger partial charge in [-0.25, -0.2) is 0 Å². The lowest BCUT2D eigenvalue weighted by Gasteiger charge is -2.09. The minimum Gasteiger partial charge on any atom is -0.383 e. The largest absolute Gasteiger partial charge is 0.383 e. The number of rotatable bonds is 4. The van der Waals surface area contributed by atoms with E-state index in [1.54, 1.807) is 0 Å². The number of nitrogens with one attached hydrogen (secondary N) is 1. The van der Waals surface area contributed by atoms with Crippen LogP contribution in [0.1, 0.15) is 37.0 Å². The van der Waals surface area contributed by atoms with Crippen LogP contribution in [0.2, 0.25) is 0 Å². The first-order valence-corrected chi connectivity index (χ1v) is 4.53. The molecule has 0 aliphatic carbocycles. The van der Waals surface area contributed by atoms with Crippen LogP contribution in [0.3, 0.4) is 0 Å². The second-order valence-electron chi connectivity index (χ2n) is 3.08. The minimum absolute atomic E-state index is 0.0694. The molecule has 4 heteroatoms. The van der Waals surface area contributed by atoms with Gasteiger partial charge in [-0.05, 0) is 12.8 Å². The highest BCUT2D eigenvalue weighted by Crippen LogP contribution is 2.18. The van der Waals surface area contributed by atoms with Gasteiger partial charge in [-0.15, -0.1) is 0 Å². The standard InChI is InChI=1S/C9H15N3O/c1-3-6(4-2)8(13)7-5-11-12-9(7)10/h5-6H,3-4H2,1-2H3,(H3,10,11,12). The van der Waals surface area contributed by atoms with Gasteiger partial charge in [0.25, 0.3) is 0 Å². The third kappa shape index (κ3) is 1.88. The number of ketones is 1. The second kappa shape index (κ2) is 4.07. The molecule has 0 amide bonds. The molecular formula is C9H15N3O. The van der Waals surface area contributed by atoms with Crippen LogP contribution in [0.15, 0.2) is 6.20 Å². The van der Waals surface area contributed by atoms with E-state index in [2.05, 4.69) is 10.2 Å². The lowest BCUT2D eigenvalue weighted by molar-refractivity contribution is 0.0914. The van der Waals surface area contributed by atoms with Crippen molar-refractivity contribution in [2.75, 3.05) is 5.73 Å². The van der Waals surface area contributed by atoms with E-state index in [4.69, 9.17) is 5.73 Å². The number of nitrogen functional groups attached to an aromatic ring is 1. The molecule has 0 aliphatic rings. The van der Waals surface area contributed by atoms with Crippen molar-refractivity contribution in [3.05, 3.63) is 11.8 Å². The molecule has 0 saturated heterocycles. The summed E-state index contributed by atoms with van der Waals surface area (Å²) in [7, 11) is 0. The van der Waals surface area contributed by atoms with Crippen LogP contribution in [-0.2, 0) is 0 Å². The fraction of sp³-hybridized carbons (Fsp3) is 0.556. The van der Waals surface area contributed by atoms with E-state index < -0.39 is 0 Å². The highest BCUT2D eigenvalue weighted by molar-refractivity contribution is 6.01. The number of carbonyl (C=O) groups excluding carboxylic acids is 1. The Morgan fingerprint density at radius 3 is 2.62 bits per heavy atom. The average molecular weight is 181 g/mol. The summed E-state index contributed by atoms with van der Waals surface area (Å²) in [6.07, 6.45) is 3.19. The molecule has 3 N–H and O–H groups in total. The molecular weight excluding hydrogens is 166 g/mol. The Morgan fingerprint density at radius 2 is 2.23 bits per heavy atom. The van der Waals surface area contributed by atoms with Crippen molar-refractivity contribution in [1.29, 1.82) is 0 Å². The van der Waals surface area contributed by atoms with Gasteiger partial charge in [-0.2, -0.15) is 5.10 Å². The van der Waals surface area contributed by atoms with Crippen molar-refractivity contribution >= 4 is 11.6 Å². The number of anilines is 1. The molecule has 0 aliphatic heterocycles. The lowest BCUT2D eigenvalue weighted by atomic mass is 9.94. The van der Waals surface area contributed by atoms with E-state index >= 15 is 0 Å². The van der Waals surface area contributed by atoms with Crippen LogP contribution in [0.5, 0.6) is 0 Å². The molecule has 0 atom stereocenters. The molecule has 1 aromatic rings. The van der Waals surface area contributed by atoms with Gasteiger partial charge in [0.2, 0.25) is 0 Å². The monoisotopic (exact) mass is 181 g/mol. The highest BCUT2D eigenvalue weighted by atomic mass is 16.1. The number of hydrogen-bond donors (Lipinski definition) is 2. The number of aromatic amines is 1. The first-order chi connectivity index (χ1) is 6.20. The van der Waals surface area contributed by atoms with Crippen molar-refractivity contribution in [3.8, 4) is 0 Å². The van der Waals surface area contributed by atoms with Crippen LogP contribution in [0.4, 0.5) is 5.82 Å². The SMILES string of the molecule is CCC(CC)C(=O)c1cn[nH]c1N. The maximum atomic E-state index is 11.7. The normalized spacial score (nSPS) is 10.7. The Bertz CT molecular complexity index is 289. The van der Waals surface area contributed by atoms with Crippen molar-refractivity contribution in [2.24, 2.45) is 5.92 Å². The van der Waals surface area contributed by atoms with Crippen molar-refractivity contribution in [1.82, 2.24) is 10.2 Å². The van der Waals surface area contributed by atoms with Gasteiger partial charge in [-0.3, -0.25) is 9.89 Å².